The van der Waals surface area contributed by atoms with E-state index in [1.54, 1.807) is 19.1 Å². The molecular weight excluding hydrogens is 233 g/mol. The van der Waals surface area contributed by atoms with Gasteiger partial charge in [-0.05, 0) is 33.9 Å². The van der Waals surface area contributed by atoms with Crippen LogP contribution in [0.5, 0.6) is 0 Å². The summed E-state index contributed by atoms with van der Waals surface area (Å²) in [5.41, 5.74) is 5.46. The second-order valence-electron chi connectivity index (χ2n) is 4.87. The van der Waals surface area contributed by atoms with Crippen molar-refractivity contribution in [2.45, 2.75) is 44.5 Å². The van der Waals surface area contributed by atoms with Crippen molar-refractivity contribution in [1.29, 1.82) is 0 Å². The van der Waals surface area contributed by atoms with Gasteiger partial charge in [0.15, 0.2) is 0 Å². The molecule has 0 aliphatic heterocycles. The molecule has 0 radical (unpaired) electrons. The summed E-state index contributed by atoms with van der Waals surface area (Å²) in [6.07, 6.45) is -4.27. The molecule has 0 aromatic rings. The Hall–Kier alpha value is -0.330. The Balaban J connectivity index is 3.88. The molecule has 0 aromatic heterocycles. The second kappa shape index (κ2) is 6.56. The molecule has 0 fully saturated rings. The highest BCUT2D eigenvalue weighted by Crippen LogP contribution is 2.20. The molecule has 0 bridgehead atoms. The van der Waals surface area contributed by atoms with Gasteiger partial charge < -0.3 is 15.4 Å². The minimum absolute atomic E-state index is 0.00360. The van der Waals surface area contributed by atoms with Crippen LogP contribution in [-0.4, -0.2) is 50.0 Å². The van der Waals surface area contributed by atoms with E-state index in [0.29, 0.717) is 13.0 Å². The zero-order valence-electron chi connectivity index (χ0n) is 11.0. The highest BCUT2D eigenvalue weighted by atomic mass is 19.4. The van der Waals surface area contributed by atoms with Crippen LogP contribution in [0.4, 0.5) is 13.2 Å². The number of ether oxygens (including phenoxy) is 1. The highest BCUT2D eigenvalue weighted by molar-refractivity contribution is 4.82. The maximum absolute atomic E-state index is 12.0. The molecule has 0 saturated carbocycles. The molecule has 0 heterocycles. The average molecular weight is 256 g/mol. The van der Waals surface area contributed by atoms with Crippen LogP contribution in [0.25, 0.3) is 0 Å². The van der Waals surface area contributed by atoms with Crippen molar-refractivity contribution >= 4 is 0 Å². The maximum atomic E-state index is 12.0. The lowest BCUT2D eigenvalue weighted by Gasteiger charge is -2.31. The zero-order chi connectivity index (χ0) is 13.7. The van der Waals surface area contributed by atoms with E-state index in [1.807, 2.05) is 13.8 Å². The van der Waals surface area contributed by atoms with Crippen molar-refractivity contribution in [3.05, 3.63) is 0 Å². The van der Waals surface area contributed by atoms with E-state index < -0.39 is 18.2 Å². The third-order valence-corrected chi connectivity index (χ3v) is 3.02. The van der Waals surface area contributed by atoms with Crippen molar-refractivity contribution in [1.82, 2.24) is 4.90 Å². The maximum Gasteiger partial charge on any atom is 0.390 e. The average Bonchev–Trinajstić information content (AvgIpc) is 2.21. The molecule has 0 spiro atoms. The van der Waals surface area contributed by atoms with Gasteiger partial charge in [-0.1, -0.05) is 0 Å². The van der Waals surface area contributed by atoms with Gasteiger partial charge in [0.1, 0.15) is 0 Å². The van der Waals surface area contributed by atoms with Gasteiger partial charge in [-0.3, -0.25) is 0 Å². The molecule has 2 N–H and O–H groups in total. The summed E-state index contributed by atoms with van der Waals surface area (Å²) in [6.45, 7) is 4.27. The van der Waals surface area contributed by atoms with E-state index in [9.17, 15) is 13.2 Å². The smallest absolute Gasteiger partial charge is 0.377 e. The van der Waals surface area contributed by atoms with Gasteiger partial charge in [0.25, 0.3) is 0 Å². The molecule has 0 rings (SSSR count). The lowest BCUT2D eigenvalue weighted by molar-refractivity contribution is -0.137. The van der Waals surface area contributed by atoms with Gasteiger partial charge >= 0.3 is 6.18 Å². The number of nitrogens with zero attached hydrogens (tertiary/aromatic N) is 1. The Morgan fingerprint density at radius 3 is 2.18 bits per heavy atom. The van der Waals surface area contributed by atoms with Crippen molar-refractivity contribution in [2.75, 3.05) is 27.2 Å². The normalized spacial score (nSPS) is 15.4. The summed E-state index contributed by atoms with van der Waals surface area (Å²) in [5.74, 6) is 0. The fourth-order valence-electron chi connectivity index (χ4n) is 1.29. The van der Waals surface area contributed by atoms with E-state index in [0.717, 1.165) is 0 Å². The quantitative estimate of drug-likeness (QED) is 0.757. The summed E-state index contributed by atoms with van der Waals surface area (Å²) < 4.78 is 41.2. The zero-order valence-corrected chi connectivity index (χ0v) is 11.0. The number of rotatable bonds is 7. The Kier molecular flexibility index (Phi) is 6.43. The van der Waals surface area contributed by atoms with E-state index >= 15 is 0 Å². The molecule has 0 saturated heterocycles. The fourth-order valence-corrected chi connectivity index (χ4v) is 1.29. The van der Waals surface area contributed by atoms with E-state index in [1.165, 1.54) is 0 Å². The molecule has 0 aromatic carbocycles. The largest absolute Gasteiger partial charge is 0.390 e. The summed E-state index contributed by atoms with van der Waals surface area (Å²) in [6, 6.07) is -0.194. The number of methoxy groups -OCH3 is 1. The molecule has 17 heavy (non-hydrogen) atoms. The van der Waals surface area contributed by atoms with E-state index in [-0.39, 0.29) is 12.6 Å². The first-order chi connectivity index (χ1) is 7.58. The number of halogens is 3. The first-order valence-electron chi connectivity index (χ1n) is 5.64. The number of alkyl halides is 3. The SMILES string of the molecule is COC(C)(C)C(N)CCN(C)CCC(F)(F)F. The number of hydrogen-bond acceptors (Lipinski definition) is 3. The van der Waals surface area contributed by atoms with Gasteiger partial charge in [-0.25, -0.2) is 0 Å². The van der Waals surface area contributed by atoms with Crippen molar-refractivity contribution < 1.29 is 17.9 Å². The van der Waals surface area contributed by atoms with Crippen LogP contribution in [0.15, 0.2) is 0 Å². The highest BCUT2D eigenvalue weighted by Gasteiger charge is 2.28. The molecule has 104 valence electrons. The number of nitrogens with two attached hydrogens (primary N) is 1. The molecule has 1 unspecified atom stereocenters. The van der Waals surface area contributed by atoms with Crippen LogP contribution < -0.4 is 5.73 Å². The van der Waals surface area contributed by atoms with Gasteiger partial charge in [-0.2, -0.15) is 13.2 Å². The van der Waals surface area contributed by atoms with Crippen LogP contribution in [0.3, 0.4) is 0 Å². The molecule has 0 amide bonds. The molecule has 1 atom stereocenters. The molecule has 0 aliphatic rings. The van der Waals surface area contributed by atoms with Crippen molar-refractivity contribution in [3.8, 4) is 0 Å². The van der Waals surface area contributed by atoms with Crippen LogP contribution in [0.2, 0.25) is 0 Å². The molecule has 6 heteroatoms. The summed E-state index contributed by atoms with van der Waals surface area (Å²) in [4.78, 5) is 1.64. The summed E-state index contributed by atoms with van der Waals surface area (Å²) in [7, 11) is 3.24. The minimum Gasteiger partial charge on any atom is -0.377 e. The second-order valence-corrected chi connectivity index (χ2v) is 4.87. The first-order valence-corrected chi connectivity index (χ1v) is 5.64. The predicted octanol–water partition coefficient (Wildman–Crippen LogP) is 2.01. The Labute approximate surface area is 101 Å². The predicted molar refractivity (Wildman–Crippen MR) is 61.8 cm³/mol. The summed E-state index contributed by atoms with van der Waals surface area (Å²) in [5, 5.41) is 0. The van der Waals surface area contributed by atoms with Gasteiger partial charge in [-0.15, -0.1) is 0 Å². The third kappa shape index (κ3) is 7.57. The molecule has 3 nitrogen and oxygen atoms in total. The van der Waals surface area contributed by atoms with Crippen LogP contribution in [-0.2, 0) is 4.74 Å². The van der Waals surface area contributed by atoms with Crippen molar-refractivity contribution in [2.24, 2.45) is 5.73 Å². The molecule has 0 aliphatic carbocycles. The van der Waals surface area contributed by atoms with Gasteiger partial charge in [0, 0.05) is 19.7 Å². The Morgan fingerprint density at radius 2 is 1.76 bits per heavy atom. The van der Waals surface area contributed by atoms with Crippen LogP contribution in [0.1, 0.15) is 26.7 Å². The lowest BCUT2D eigenvalue weighted by Crippen LogP contribution is -2.46. The lowest BCUT2D eigenvalue weighted by atomic mass is 9.96. The van der Waals surface area contributed by atoms with Crippen LogP contribution >= 0.6 is 0 Å². The van der Waals surface area contributed by atoms with Gasteiger partial charge in [0.2, 0.25) is 0 Å². The standard InChI is InChI=1S/C11H23F3N2O/c1-10(2,17-4)9(15)5-7-16(3)8-6-11(12,13)14/h9H,5-8,15H2,1-4H3. The third-order valence-electron chi connectivity index (χ3n) is 3.02. The monoisotopic (exact) mass is 256 g/mol. The van der Waals surface area contributed by atoms with Crippen LogP contribution in [0, 0.1) is 0 Å². The fraction of sp³-hybridized carbons (Fsp3) is 1.00. The summed E-state index contributed by atoms with van der Waals surface area (Å²) >= 11 is 0. The van der Waals surface area contributed by atoms with Crippen molar-refractivity contribution in [3.63, 3.8) is 0 Å². The first kappa shape index (κ1) is 16.7. The van der Waals surface area contributed by atoms with E-state index in [2.05, 4.69) is 0 Å². The van der Waals surface area contributed by atoms with Gasteiger partial charge in [0.05, 0.1) is 12.0 Å². The minimum atomic E-state index is -4.10. The number of hydrogen-bond donors (Lipinski definition) is 1. The van der Waals surface area contributed by atoms with E-state index in [4.69, 9.17) is 10.5 Å². The topological polar surface area (TPSA) is 38.5 Å². The Morgan fingerprint density at radius 1 is 1.24 bits per heavy atom. The Bertz CT molecular complexity index is 219. The molecular formula is C11H23F3N2O.